The first-order valence-electron chi connectivity index (χ1n) is 18.1. The molecule has 1 saturated heterocycles. The van der Waals surface area contributed by atoms with Gasteiger partial charge in [0, 0.05) is 61.8 Å². The van der Waals surface area contributed by atoms with Gasteiger partial charge in [-0.05, 0) is 33.8 Å². The Morgan fingerprint density at radius 2 is 1.57 bits per heavy atom. The summed E-state index contributed by atoms with van der Waals surface area (Å²) in [6.07, 6.45) is 7.37. The zero-order valence-corrected chi connectivity index (χ0v) is 33.0. The smallest absolute Gasteiger partial charge is 0.312 e. The molecule has 9 unspecified atom stereocenters. The average Bonchev–Trinajstić information content (AvgIpc) is 3.37. The fourth-order valence-electron chi connectivity index (χ4n) is 7.86. The minimum Gasteiger partial charge on any atom is -0.507 e. The van der Waals surface area contributed by atoms with Gasteiger partial charge in [-0.25, -0.2) is 4.99 Å². The lowest BCUT2D eigenvalue weighted by Crippen LogP contribution is -2.56. The number of carbonyl (C=O) groups is 4. The number of allylic oxidation sites excluding steroid dienone is 4. The molecule has 54 heavy (non-hydrogen) atoms. The van der Waals surface area contributed by atoms with E-state index >= 15 is 0 Å². The van der Waals surface area contributed by atoms with Crippen molar-refractivity contribution in [3.63, 3.8) is 0 Å². The number of carbonyl (C=O) groups excluding carboxylic acids is 4. The van der Waals surface area contributed by atoms with Gasteiger partial charge in [0.2, 0.25) is 11.7 Å². The molecule has 0 aromatic heterocycles. The predicted octanol–water partition coefficient (Wildman–Crippen LogP) is 6.36. The van der Waals surface area contributed by atoms with Gasteiger partial charge in [0.25, 0.3) is 5.78 Å². The highest BCUT2D eigenvalue weighted by molar-refractivity contribution is 6.30. The average molecular weight is 750 g/mol. The fraction of sp³-hybridized carbons (Fsp3) is 0.537. The van der Waals surface area contributed by atoms with Crippen molar-refractivity contribution in [2.45, 2.75) is 105 Å². The van der Waals surface area contributed by atoms with Crippen LogP contribution in [0.4, 0.5) is 0 Å². The Bertz CT molecular complexity index is 1890. The van der Waals surface area contributed by atoms with Gasteiger partial charge >= 0.3 is 11.8 Å². The van der Waals surface area contributed by atoms with Gasteiger partial charge in [-0.3, -0.25) is 19.2 Å². The maximum Gasteiger partial charge on any atom is 0.312 e. The lowest BCUT2D eigenvalue weighted by Gasteiger charge is -2.50. The maximum absolute atomic E-state index is 14.1. The Hall–Kier alpha value is -4.59. The van der Waals surface area contributed by atoms with Crippen molar-refractivity contribution in [2.24, 2.45) is 28.7 Å². The molecule has 0 amide bonds. The third-order valence-corrected chi connectivity index (χ3v) is 10.7. The summed E-state index contributed by atoms with van der Waals surface area (Å²) in [5.41, 5.74) is -0.503. The number of Topliss-reactive ketones (excluding diaryl/α,β-unsaturated/α-hetero) is 2. The molecule has 1 fully saturated rings. The molecule has 1 aromatic rings. The number of phenolic OH excluding ortho intramolecular Hbond substituents is 1. The van der Waals surface area contributed by atoms with Crippen molar-refractivity contribution in [2.75, 3.05) is 14.2 Å². The number of fused-ring (bicyclic) bond motifs is 9. The molecule has 7 bridgehead atoms. The molecular weight excluding hydrogens is 698 g/mol. The number of phenols is 1. The summed E-state index contributed by atoms with van der Waals surface area (Å²) in [6.45, 7) is 17.6. The van der Waals surface area contributed by atoms with Crippen LogP contribution in [0, 0.1) is 30.6 Å². The van der Waals surface area contributed by atoms with Crippen LogP contribution in [0.2, 0.25) is 0 Å². The second kappa shape index (κ2) is 15.3. The maximum atomic E-state index is 14.1. The number of methoxy groups -OCH3 is 2. The molecule has 13 heteroatoms. The van der Waals surface area contributed by atoms with E-state index in [0.717, 1.165) is 6.08 Å². The Kier molecular flexibility index (Phi) is 11.5. The molecular formula is C41H51NO12. The number of benzene rings is 1. The Balaban J connectivity index is 1.66. The molecule has 13 nitrogen and oxygen atoms in total. The van der Waals surface area contributed by atoms with E-state index in [4.69, 9.17) is 33.2 Å². The van der Waals surface area contributed by atoms with E-state index in [1.807, 2.05) is 53.7 Å². The lowest BCUT2D eigenvalue weighted by molar-refractivity contribution is -0.336. The van der Waals surface area contributed by atoms with Gasteiger partial charge in [-0.1, -0.05) is 45.9 Å². The molecule has 4 heterocycles. The first kappa shape index (κ1) is 40.6. The molecule has 1 aliphatic carbocycles. The van der Waals surface area contributed by atoms with Crippen molar-refractivity contribution in [1.29, 1.82) is 0 Å². The summed E-state index contributed by atoms with van der Waals surface area (Å²) in [6, 6.07) is 0. The van der Waals surface area contributed by atoms with E-state index in [1.165, 1.54) is 41.3 Å². The third-order valence-electron chi connectivity index (χ3n) is 10.7. The number of ether oxygens (including phenoxy) is 7. The van der Waals surface area contributed by atoms with Crippen LogP contribution in [0.1, 0.15) is 99.0 Å². The Morgan fingerprint density at radius 3 is 2.20 bits per heavy atom. The number of aliphatic imine (C=N–C) groups is 1. The Labute approximate surface area is 316 Å². The summed E-state index contributed by atoms with van der Waals surface area (Å²) in [5.74, 6) is -7.20. The number of rotatable bonds is 2. The first-order valence-corrected chi connectivity index (χ1v) is 18.1. The van der Waals surface area contributed by atoms with Gasteiger partial charge in [-0.2, -0.15) is 0 Å². The van der Waals surface area contributed by atoms with Crippen LogP contribution in [-0.4, -0.2) is 84.5 Å². The van der Waals surface area contributed by atoms with E-state index < -0.39 is 64.9 Å². The minimum absolute atomic E-state index is 0.0628. The zero-order valence-electron chi connectivity index (χ0n) is 33.0. The van der Waals surface area contributed by atoms with E-state index in [0.29, 0.717) is 5.57 Å². The third kappa shape index (κ3) is 7.41. The van der Waals surface area contributed by atoms with E-state index in [2.05, 4.69) is 4.99 Å². The summed E-state index contributed by atoms with van der Waals surface area (Å²) in [7, 11) is 2.89. The fourth-order valence-corrected chi connectivity index (χ4v) is 7.86. The molecule has 0 saturated carbocycles. The molecule has 6 rings (SSSR count). The van der Waals surface area contributed by atoms with Crippen LogP contribution >= 0.6 is 0 Å². The molecule has 1 N–H and O–H groups in total. The van der Waals surface area contributed by atoms with Crippen LogP contribution in [0.3, 0.4) is 0 Å². The van der Waals surface area contributed by atoms with Crippen LogP contribution in [0.25, 0.3) is 0 Å². The van der Waals surface area contributed by atoms with E-state index in [-0.39, 0.29) is 63.5 Å². The second-order valence-corrected chi connectivity index (χ2v) is 15.1. The molecule has 1 aromatic carbocycles. The van der Waals surface area contributed by atoms with Crippen LogP contribution in [-0.2, 0) is 33.2 Å². The van der Waals surface area contributed by atoms with E-state index in [1.54, 1.807) is 19.1 Å². The van der Waals surface area contributed by atoms with Crippen molar-refractivity contribution < 1.29 is 57.4 Å². The molecule has 9 atom stereocenters. The van der Waals surface area contributed by atoms with Crippen molar-refractivity contribution in [3.8, 4) is 11.5 Å². The Morgan fingerprint density at radius 1 is 0.907 bits per heavy atom. The molecule has 5 aliphatic rings. The van der Waals surface area contributed by atoms with Crippen molar-refractivity contribution >= 4 is 29.2 Å². The van der Waals surface area contributed by atoms with Crippen LogP contribution in [0.15, 0.2) is 52.9 Å². The zero-order chi connectivity index (χ0) is 40.0. The van der Waals surface area contributed by atoms with Gasteiger partial charge < -0.3 is 38.3 Å². The first-order chi connectivity index (χ1) is 25.3. The van der Waals surface area contributed by atoms with Gasteiger partial charge in [0.05, 0.1) is 48.4 Å². The number of hydrogen-bond acceptors (Lipinski definition) is 13. The van der Waals surface area contributed by atoms with Crippen molar-refractivity contribution in [3.05, 3.63) is 70.2 Å². The normalized spacial score (nSPS) is 34.7. The number of hydrogen-bond donors (Lipinski definition) is 1. The molecule has 0 spiro atoms. The minimum atomic E-state index is -1.98. The van der Waals surface area contributed by atoms with E-state index in [9.17, 15) is 24.3 Å². The molecule has 4 aliphatic heterocycles. The predicted molar refractivity (Wildman–Crippen MR) is 197 cm³/mol. The quantitative estimate of drug-likeness (QED) is 0.333. The van der Waals surface area contributed by atoms with Gasteiger partial charge in [-0.15, -0.1) is 0 Å². The number of ketones is 3. The summed E-state index contributed by atoms with van der Waals surface area (Å²) in [5, 5.41) is 11.3. The SMILES string of the molecule is COC1=NC2=CC(=O)c3c(c(O)c(C)c4c3C(=O)C(C)(O/C=C/C(OC)C(C)C(OC(C)=O)C(C)C3OC(C)(C)OC(C(C)/C=C/C=C\1C)C3C)O4)C2=O. The highest BCUT2D eigenvalue weighted by Crippen LogP contribution is 2.48. The van der Waals surface area contributed by atoms with Crippen LogP contribution in [0.5, 0.6) is 11.5 Å². The lowest BCUT2D eigenvalue weighted by atomic mass is 9.77. The summed E-state index contributed by atoms with van der Waals surface area (Å²) < 4.78 is 42.3. The van der Waals surface area contributed by atoms with Crippen LogP contribution < -0.4 is 4.74 Å². The summed E-state index contributed by atoms with van der Waals surface area (Å²) >= 11 is 0. The van der Waals surface area contributed by atoms with Crippen molar-refractivity contribution in [1.82, 2.24) is 0 Å². The highest BCUT2D eigenvalue weighted by atomic mass is 16.7. The van der Waals surface area contributed by atoms with Gasteiger partial charge in [0.15, 0.2) is 11.6 Å². The highest BCUT2D eigenvalue weighted by Gasteiger charge is 2.52. The number of nitrogens with zero attached hydrogens (tertiary/aromatic N) is 1. The standard InChI is InChI=1S/C41H51NO12/c1-19-14-13-15-20(2)39(49-12)42-26-18-27(44)29-30(33(26)46)32(45)22(4)37-31(29)38(47)41(10,54-37)50-17-16-28(48-11)21(3)35(51-25(7)43)24(6)36-23(5)34(19)52-40(8,9)53-36/h13-19,21,23-24,28,34-36,45H,1-12H3/b14-13+,17-16+,20-15-,42-39?. The molecule has 292 valence electrons. The monoisotopic (exact) mass is 749 g/mol. The summed E-state index contributed by atoms with van der Waals surface area (Å²) in [4.78, 5) is 58.6. The number of esters is 1. The second-order valence-electron chi connectivity index (χ2n) is 15.1. The number of aromatic hydroxyl groups is 1. The van der Waals surface area contributed by atoms with Gasteiger partial charge in [0.1, 0.15) is 23.3 Å². The largest absolute Gasteiger partial charge is 0.507 e. The molecule has 0 radical (unpaired) electrons. The topological polar surface area (TPSA) is 165 Å².